The lowest BCUT2D eigenvalue weighted by molar-refractivity contribution is -0.138. The highest BCUT2D eigenvalue weighted by atomic mass is 16.6. The Bertz CT molecular complexity index is 979. The Hall–Kier alpha value is -3.87. The Balaban J connectivity index is 1.38. The summed E-state index contributed by atoms with van der Waals surface area (Å²) >= 11 is 0. The van der Waals surface area contributed by atoms with Crippen molar-refractivity contribution in [3.63, 3.8) is 0 Å². The van der Waals surface area contributed by atoms with Crippen molar-refractivity contribution in [1.29, 1.82) is 0 Å². The van der Waals surface area contributed by atoms with Crippen LogP contribution in [0, 0.1) is 0 Å². The number of anilines is 1. The average Bonchev–Trinajstić information content (AvgIpc) is 2.83. The molecule has 0 radical (unpaired) electrons. The van der Waals surface area contributed by atoms with Crippen molar-refractivity contribution >= 4 is 18.0 Å². The molecule has 0 aliphatic rings. The van der Waals surface area contributed by atoms with Crippen LogP contribution in [0.3, 0.4) is 0 Å². The van der Waals surface area contributed by atoms with E-state index in [0.29, 0.717) is 13.2 Å². The molecule has 0 bridgehead atoms. The number of benzene rings is 2. The number of rotatable bonds is 12. The first kappa shape index (κ1) is 22.8. The van der Waals surface area contributed by atoms with E-state index in [1.54, 1.807) is 18.3 Å². The van der Waals surface area contributed by atoms with E-state index >= 15 is 0 Å². The zero-order valence-electron chi connectivity index (χ0n) is 18.0. The monoisotopic (exact) mass is 433 g/mol. The second-order valence-electron chi connectivity index (χ2n) is 7.20. The fourth-order valence-electron chi connectivity index (χ4n) is 3.05. The maximum Gasteiger partial charge on any atom is 0.311 e. The second kappa shape index (κ2) is 12.1. The summed E-state index contributed by atoms with van der Waals surface area (Å²) < 4.78 is 5.79. The molecule has 0 spiro atoms. The van der Waals surface area contributed by atoms with Gasteiger partial charge in [-0.25, -0.2) is 4.98 Å². The third-order valence-corrected chi connectivity index (χ3v) is 4.88. The first-order valence-corrected chi connectivity index (χ1v) is 10.4. The van der Waals surface area contributed by atoms with E-state index in [0.717, 1.165) is 29.2 Å². The SMILES string of the molecule is CN(CCOc1ccc(CO/N=C/CC(C(=O)O)c2ccccc2)cc1)c1ccccn1. The number of carbonyl (C=O) groups is 1. The van der Waals surface area contributed by atoms with Gasteiger partial charge in [0.1, 0.15) is 24.8 Å². The Morgan fingerprint density at radius 2 is 1.84 bits per heavy atom. The van der Waals surface area contributed by atoms with E-state index < -0.39 is 11.9 Å². The summed E-state index contributed by atoms with van der Waals surface area (Å²) in [6.45, 7) is 1.55. The highest BCUT2D eigenvalue weighted by Gasteiger charge is 2.18. The van der Waals surface area contributed by atoms with E-state index in [1.807, 2.05) is 72.6 Å². The third-order valence-electron chi connectivity index (χ3n) is 4.88. The Morgan fingerprint density at radius 1 is 1.09 bits per heavy atom. The molecule has 0 saturated carbocycles. The molecule has 2 aromatic carbocycles. The minimum absolute atomic E-state index is 0.263. The van der Waals surface area contributed by atoms with Crippen molar-refractivity contribution in [1.82, 2.24) is 4.98 Å². The summed E-state index contributed by atoms with van der Waals surface area (Å²) in [5.41, 5.74) is 1.69. The maximum absolute atomic E-state index is 11.5. The number of pyridine rings is 1. The number of aliphatic carboxylic acids is 1. The molecule has 7 nitrogen and oxygen atoms in total. The molecule has 0 saturated heterocycles. The fraction of sp³-hybridized carbons (Fsp3) is 0.240. The third kappa shape index (κ3) is 7.12. The predicted octanol–water partition coefficient (Wildman–Crippen LogP) is 4.36. The molecule has 32 heavy (non-hydrogen) atoms. The summed E-state index contributed by atoms with van der Waals surface area (Å²) in [6, 6.07) is 22.5. The van der Waals surface area contributed by atoms with Gasteiger partial charge in [0.2, 0.25) is 0 Å². The number of carboxylic acids is 1. The molecule has 1 unspecified atom stereocenters. The van der Waals surface area contributed by atoms with Crippen molar-refractivity contribution < 1.29 is 19.5 Å². The summed E-state index contributed by atoms with van der Waals surface area (Å²) in [5, 5.41) is 13.3. The Labute approximate surface area is 187 Å². The first-order valence-electron chi connectivity index (χ1n) is 10.4. The average molecular weight is 434 g/mol. The molecule has 3 aromatic rings. The van der Waals surface area contributed by atoms with Crippen LogP contribution in [0.2, 0.25) is 0 Å². The number of likely N-dealkylation sites (N-methyl/N-ethyl adjacent to an activating group) is 1. The molecule has 7 heteroatoms. The molecule has 0 aliphatic heterocycles. The van der Waals surface area contributed by atoms with Gasteiger partial charge in [-0.3, -0.25) is 4.79 Å². The van der Waals surface area contributed by atoms with Gasteiger partial charge in [-0.15, -0.1) is 0 Å². The van der Waals surface area contributed by atoms with Crippen molar-refractivity contribution in [3.05, 3.63) is 90.1 Å². The number of nitrogens with zero attached hydrogens (tertiary/aromatic N) is 3. The van der Waals surface area contributed by atoms with Crippen LogP contribution in [0.5, 0.6) is 5.75 Å². The molecular weight excluding hydrogens is 406 g/mol. The largest absolute Gasteiger partial charge is 0.492 e. The lowest BCUT2D eigenvalue weighted by Gasteiger charge is -2.18. The van der Waals surface area contributed by atoms with Gasteiger partial charge < -0.3 is 19.6 Å². The smallest absolute Gasteiger partial charge is 0.311 e. The van der Waals surface area contributed by atoms with E-state index in [2.05, 4.69) is 10.1 Å². The second-order valence-corrected chi connectivity index (χ2v) is 7.20. The van der Waals surface area contributed by atoms with Crippen LogP contribution in [0.15, 0.2) is 84.1 Å². The van der Waals surface area contributed by atoms with E-state index in [-0.39, 0.29) is 6.42 Å². The van der Waals surface area contributed by atoms with E-state index in [1.165, 1.54) is 6.21 Å². The van der Waals surface area contributed by atoms with Gasteiger partial charge in [0.15, 0.2) is 0 Å². The van der Waals surface area contributed by atoms with Crippen molar-refractivity contribution in [2.24, 2.45) is 5.16 Å². The molecule has 166 valence electrons. The van der Waals surface area contributed by atoms with Crippen molar-refractivity contribution in [2.45, 2.75) is 18.9 Å². The van der Waals surface area contributed by atoms with Crippen LogP contribution >= 0.6 is 0 Å². The molecule has 1 heterocycles. The zero-order chi connectivity index (χ0) is 22.6. The van der Waals surface area contributed by atoms with Crippen LogP contribution < -0.4 is 9.64 Å². The van der Waals surface area contributed by atoms with Crippen LogP contribution in [-0.2, 0) is 16.2 Å². The summed E-state index contributed by atoms with van der Waals surface area (Å²) in [4.78, 5) is 23.1. The Morgan fingerprint density at radius 3 is 2.53 bits per heavy atom. The molecule has 0 amide bonds. The highest BCUT2D eigenvalue weighted by Crippen LogP contribution is 2.19. The predicted molar refractivity (Wildman–Crippen MR) is 124 cm³/mol. The molecule has 1 aromatic heterocycles. The van der Waals surface area contributed by atoms with Gasteiger partial charge in [0.05, 0.1) is 12.5 Å². The molecule has 1 N–H and O–H groups in total. The number of hydrogen-bond donors (Lipinski definition) is 1. The van der Waals surface area contributed by atoms with E-state index in [9.17, 15) is 9.90 Å². The zero-order valence-corrected chi connectivity index (χ0v) is 18.0. The quantitative estimate of drug-likeness (QED) is 0.338. The summed E-state index contributed by atoms with van der Waals surface area (Å²) in [7, 11) is 1.98. The van der Waals surface area contributed by atoms with E-state index in [4.69, 9.17) is 9.57 Å². The normalized spacial score (nSPS) is 11.8. The van der Waals surface area contributed by atoms with Crippen LogP contribution in [0.1, 0.15) is 23.5 Å². The van der Waals surface area contributed by atoms with Gasteiger partial charge in [-0.05, 0) is 35.4 Å². The number of oxime groups is 1. The minimum Gasteiger partial charge on any atom is -0.492 e. The molecule has 0 fully saturated rings. The molecular formula is C25H27N3O4. The highest BCUT2D eigenvalue weighted by molar-refractivity contribution is 5.80. The van der Waals surface area contributed by atoms with Gasteiger partial charge in [-0.2, -0.15) is 0 Å². The van der Waals surface area contributed by atoms with Crippen LogP contribution in [0.4, 0.5) is 5.82 Å². The lowest BCUT2D eigenvalue weighted by Crippen LogP contribution is -2.24. The fourth-order valence-corrected chi connectivity index (χ4v) is 3.05. The summed E-state index contributed by atoms with van der Waals surface area (Å²) in [5.74, 6) is 0.155. The standard InChI is InChI=1S/C25H27N3O4/c1-28(24-9-5-6-15-26-24)17-18-31-22-12-10-20(11-13-22)19-32-27-16-14-23(25(29)30)21-7-3-2-4-8-21/h2-13,15-16,23H,14,17-19H2,1H3,(H,29,30)/b27-16+. The number of aromatic nitrogens is 1. The molecule has 1 atom stereocenters. The molecule has 3 rings (SSSR count). The van der Waals surface area contributed by atoms with Crippen LogP contribution in [0.25, 0.3) is 0 Å². The van der Waals surface area contributed by atoms with Crippen LogP contribution in [-0.4, -0.2) is 42.5 Å². The van der Waals surface area contributed by atoms with Gasteiger partial charge in [0, 0.05) is 25.9 Å². The number of carboxylic acid groups (broad SMARTS) is 1. The lowest BCUT2D eigenvalue weighted by atomic mass is 9.97. The molecule has 0 aliphatic carbocycles. The summed E-state index contributed by atoms with van der Waals surface area (Å²) in [6.07, 6.45) is 3.53. The number of ether oxygens (including phenoxy) is 1. The number of hydrogen-bond acceptors (Lipinski definition) is 6. The first-order chi connectivity index (χ1) is 15.6. The minimum atomic E-state index is -0.885. The topological polar surface area (TPSA) is 84.2 Å². The van der Waals surface area contributed by atoms with Gasteiger partial charge >= 0.3 is 5.97 Å². The van der Waals surface area contributed by atoms with Gasteiger partial charge in [0.25, 0.3) is 0 Å². The van der Waals surface area contributed by atoms with Gasteiger partial charge in [-0.1, -0.05) is 53.7 Å². The Kier molecular flexibility index (Phi) is 8.62. The van der Waals surface area contributed by atoms with Crippen molar-refractivity contribution in [3.8, 4) is 5.75 Å². The maximum atomic E-state index is 11.5. The van der Waals surface area contributed by atoms with Crippen molar-refractivity contribution in [2.75, 3.05) is 25.1 Å².